The van der Waals surface area contributed by atoms with Crippen LogP contribution in [0.1, 0.15) is 11.7 Å². The highest BCUT2D eigenvalue weighted by Gasteiger charge is 2.41. The topological polar surface area (TPSA) is 26.0 Å². The van der Waals surface area contributed by atoms with Crippen molar-refractivity contribution in [2.24, 2.45) is 0 Å². The molecular weight excluding hydrogens is 186 g/mol. The van der Waals surface area contributed by atoms with Crippen LogP contribution < -0.4 is 5.73 Å². The summed E-state index contributed by atoms with van der Waals surface area (Å²) in [6.45, 7) is 0. The van der Waals surface area contributed by atoms with E-state index in [1.54, 1.807) is 0 Å². The Balaban J connectivity index is 2.90. The zero-order valence-electron chi connectivity index (χ0n) is 6.48. The van der Waals surface area contributed by atoms with E-state index in [9.17, 15) is 17.6 Å². The van der Waals surface area contributed by atoms with Gasteiger partial charge >= 0.3 is 6.18 Å². The van der Waals surface area contributed by atoms with Crippen LogP contribution in [0.15, 0.2) is 24.3 Å². The predicted molar refractivity (Wildman–Crippen MR) is 40.8 cm³/mol. The van der Waals surface area contributed by atoms with Gasteiger partial charge in [0.15, 0.2) is 0 Å². The Morgan fingerprint density at radius 3 is 1.92 bits per heavy atom. The van der Waals surface area contributed by atoms with Gasteiger partial charge in [-0.25, -0.2) is 4.39 Å². The maximum atomic E-state index is 12.6. The Kier molecular flexibility index (Phi) is 2.45. The molecule has 1 unspecified atom stereocenters. The van der Waals surface area contributed by atoms with Crippen molar-refractivity contribution >= 4 is 5.69 Å². The number of nitrogen functional groups attached to an aromatic ring is 1. The molecule has 1 nitrogen and oxygen atoms in total. The van der Waals surface area contributed by atoms with Gasteiger partial charge in [0.2, 0.25) is 6.17 Å². The smallest absolute Gasteiger partial charge is 0.399 e. The lowest BCUT2D eigenvalue weighted by Crippen LogP contribution is -2.16. The molecule has 0 radical (unpaired) electrons. The second-order valence-electron chi connectivity index (χ2n) is 2.57. The van der Waals surface area contributed by atoms with Gasteiger partial charge in [0.1, 0.15) is 0 Å². The van der Waals surface area contributed by atoms with Crippen LogP contribution in [0.5, 0.6) is 0 Å². The number of benzene rings is 1. The first-order valence-electron chi connectivity index (χ1n) is 3.47. The number of anilines is 1. The first-order chi connectivity index (χ1) is 5.91. The van der Waals surface area contributed by atoms with Crippen molar-refractivity contribution in [1.82, 2.24) is 0 Å². The second kappa shape index (κ2) is 3.24. The van der Waals surface area contributed by atoms with Gasteiger partial charge in [-0.1, -0.05) is 12.1 Å². The van der Waals surface area contributed by atoms with E-state index < -0.39 is 17.9 Å². The van der Waals surface area contributed by atoms with Crippen molar-refractivity contribution in [3.8, 4) is 0 Å². The quantitative estimate of drug-likeness (QED) is 0.538. The number of halogens is 4. The molecule has 0 saturated carbocycles. The minimum absolute atomic E-state index is 0.304. The SMILES string of the molecule is Nc1ccc(C(F)C(F)(F)F)cc1. The van der Waals surface area contributed by atoms with Crippen molar-refractivity contribution in [3.63, 3.8) is 0 Å². The van der Waals surface area contributed by atoms with Gasteiger partial charge < -0.3 is 5.73 Å². The van der Waals surface area contributed by atoms with Gasteiger partial charge in [0, 0.05) is 5.69 Å². The summed E-state index contributed by atoms with van der Waals surface area (Å²) in [6, 6.07) is 4.50. The summed E-state index contributed by atoms with van der Waals surface area (Å²) in [5, 5.41) is 0. The molecule has 1 aromatic rings. The van der Waals surface area contributed by atoms with Crippen molar-refractivity contribution in [1.29, 1.82) is 0 Å². The highest BCUT2D eigenvalue weighted by atomic mass is 19.4. The summed E-state index contributed by atoms with van der Waals surface area (Å²) in [4.78, 5) is 0. The van der Waals surface area contributed by atoms with E-state index >= 15 is 0 Å². The third-order valence-corrected chi connectivity index (χ3v) is 1.52. The maximum Gasteiger partial charge on any atom is 0.423 e. The maximum absolute atomic E-state index is 12.6. The van der Waals surface area contributed by atoms with Gasteiger partial charge in [-0.15, -0.1) is 0 Å². The van der Waals surface area contributed by atoms with Crippen LogP contribution in [0, 0.1) is 0 Å². The van der Waals surface area contributed by atoms with E-state index in [1.807, 2.05) is 0 Å². The summed E-state index contributed by atoms with van der Waals surface area (Å²) in [5.41, 5.74) is 5.11. The minimum Gasteiger partial charge on any atom is -0.399 e. The van der Waals surface area contributed by atoms with Crippen LogP contribution in [-0.4, -0.2) is 6.18 Å². The summed E-state index contributed by atoms with van der Waals surface area (Å²) in [7, 11) is 0. The predicted octanol–water partition coefficient (Wildman–Crippen LogP) is 2.84. The van der Waals surface area contributed by atoms with Crippen LogP contribution in [0.3, 0.4) is 0 Å². The first-order valence-corrected chi connectivity index (χ1v) is 3.47. The Hall–Kier alpha value is -1.26. The lowest BCUT2D eigenvalue weighted by molar-refractivity contribution is -0.182. The normalized spacial score (nSPS) is 14.2. The number of hydrogen-bond donors (Lipinski definition) is 1. The second-order valence-corrected chi connectivity index (χ2v) is 2.57. The molecule has 0 saturated heterocycles. The Labute approximate surface area is 72.2 Å². The molecule has 0 heterocycles. The van der Waals surface area contributed by atoms with E-state index in [-0.39, 0.29) is 0 Å². The molecule has 1 rings (SSSR count). The molecule has 0 amide bonds. The van der Waals surface area contributed by atoms with E-state index in [2.05, 4.69) is 0 Å². The highest BCUT2D eigenvalue weighted by molar-refractivity contribution is 5.40. The molecule has 1 atom stereocenters. The zero-order valence-corrected chi connectivity index (χ0v) is 6.48. The zero-order chi connectivity index (χ0) is 10.1. The Morgan fingerprint density at radius 1 is 1.08 bits per heavy atom. The number of alkyl halides is 4. The highest BCUT2D eigenvalue weighted by Crippen LogP contribution is 2.35. The van der Waals surface area contributed by atoms with Gasteiger partial charge in [-0.05, 0) is 17.7 Å². The molecule has 0 spiro atoms. The van der Waals surface area contributed by atoms with E-state index in [1.165, 1.54) is 12.1 Å². The molecular formula is C8H7F4N. The first kappa shape index (κ1) is 9.83. The van der Waals surface area contributed by atoms with Gasteiger partial charge in [0.05, 0.1) is 0 Å². The summed E-state index contributed by atoms with van der Waals surface area (Å²) in [6.07, 6.45) is -7.79. The van der Waals surface area contributed by atoms with Crippen molar-refractivity contribution in [2.45, 2.75) is 12.3 Å². The molecule has 0 aromatic heterocycles. The van der Waals surface area contributed by atoms with Crippen LogP contribution in [0.2, 0.25) is 0 Å². The molecule has 13 heavy (non-hydrogen) atoms. The summed E-state index contributed by atoms with van der Waals surface area (Å²) in [5.74, 6) is 0. The standard InChI is InChI=1S/C8H7F4N/c9-7(8(10,11)12)5-1-3-6(13)4-2-5/h1-4,7H,13H2. The fraction of sp³-hybridized carbons (Fsp3) is 0.250. The molecule has 0 aliphatic heterocycles. The lowest BCUT2D eigenvalue weighted by atomic mass is 10.1. The summed E-state index contributed by atoms with van der Waals surface area (Å²) >= 11 is 0. The average molecular weight is 193 g/mol. The van der Waals surface area contributed by atoms with Crippen LogP contribution >= 0.6 is 0 Å². The Morgan fingerprint density at radius 2 is 1.54 bits per heavy atom. The Bertz CT molecular complexity index is 277. The van der Waals surface area contributed by atoms with Crippen LogP contribution in [0.25, 0.3) is 0 Å². The van der Waals surface area contributed by atoms with E-state index in [0.29, 0.717) is 5.69 Å². The molecule has 5 heteroatoms. The van der Waals surface area contributed by atoms with E-state index in [0.717, 1.165) is 12.1 Å². The van der Waals surface area contributed by atoms with E-state index in [4.69, 9.17) is 5.73 Å². The average Bonchev–Trinajstić information content (AvgIpc) is 2.03. The fourth-order valence-corrected chi connectivity index (χ4v) is 0.854. The van der Waals surface area contributed by atoms with Gasteiger partial charge in [0.25, 0.3) is 0 Å². The van der Waals surface area contributed by atoms with Crippen molar-refractivity contribution < 1.29 is 17.6 Å². The monoisotopic (exact) mass is 193 g/mol. The molecule has 2 N–H and O–H groups in total. The van der Waals surface area contributed by atoms with Gasteiger partial charge in [-0.2, -0.15) is 13.2 Å². The number of hydrogen-bond acceptors (Lipinski definition) is 1. The number of rotatable bonds is 1. The third kappa shape index (κ3) is 2.34. The third-order valence-electron chi connectivity index (χ3n) is 1.52. The summed E-state index contributed by atoms with van der Waals surface area (Å²) < 4.78 is 48.1. The molecule has 72 valence electrons. The molecule has 0 fully saturated rings. The molecule has 0 aliphatic carbocycles. The van der Waals surface area contributed by atoms with Gasteiger partial charge in [-0.3, -0.25) is 0 Å². The van der Waals surface area contributed by atoms with Crippen LogP contribution in [-0.2, 0) is 0 Å². The fourth-order valence-electron chi connectivity index (χ4n) is 0.854. The van der Waals surface area contributed by atoms with Crippen molar-refractivity contribution in [3.05, 3.63) is 29.8 Å². The largest absolute Gasteiger partial charge is 0.423 e. The minimum atomic E-state index is -4.85. The van der Waals surface area contributed by atoms with Crippen molar-refractivity contribution in [2.75, 3.05) is 5.73 Å². The molecule has 0 aliphatic rings. The molecule has 0 bridgehead atoms. The lowest BCUT2D eigenvalue weighted by Gasteiger charge is -2.12. The molecule has 1 aromatic carbocycles. The van der Waals surface area contributed by atoms with Crippen LogP contribution in [0.4, 0.5) is 23.2 Å². The number of nitrogens with two attached hydrogens (primary N) is 1.